The van der Waals surface area contributed by atoms with Crippen LogP contribution in [0.15, 0.2) is 54.6 Å². The number of aromatic nitrogens is 1. The molecule has 0 radical (unpaired) electrons. The van der Waals surface area contributed by atoms with Gasteiger partial charge in [0.2, 0.25) is 0 Å². The summed E-state index contributed by atoms with van der Waals surface area (Å²) >= 11 is 6.04. The van der Waals surface area contributed by atoms with Gasteiger partial charge in [-0.3, -0.25) is 4.79 Å². The number of rotatable bonds is 4. The third kappa shape index (κ3) is 4.86. The van der Waals surface area contributed by atoms with Crippen LogP contribution < -0.4 is 5.32 Å². The molecule has 1 fully saturated rings. The topological polar surface area (TPSA) is 37.3 Å². The number of halogens is 4. The summed E-state index contributed by atoms with van der Waals surface area (Å²) < 4.78 is 44.5. The maximum absolute atomic E-state index is 14.4. The highest BCUT2D eigenvalue weighted by Gasteiger charge is 2.42. The van der Waals surface area contributed by atoms with E-state index in [4.69, 9.17) is 11.6 Å². The third-order valence-electron chi connectivity index (χ3n) is 6.15. The van der Waals surface area contributed by atoms with Gasteiger partial charge < -0.3 is 14.8 Å². The van der Waals surface area contributed by atoms with Gasteiger partial charge in [0.15, 0.2) is 0 Å². The van der Waals surface area contributed by atoms with Gasteiger partial charge in [-0.15, -0.1) is 0 Å². The van der Waals surface area contributed by atoms with Gasteiger partial charge in [-0.2, -0.15) is 13.2 Å². The predicted molar refractivity (Wildman–Crippen MR) is 128 cm³/mol. The fourth-order valence-corrected chi connectivity index (χ4v) is 4.82. The molecule has 0 bridgehead atoms. The van der Waals surface area contributed by atoms with Crippen molar-refractivity contribution in [3.8, 4) is 11.1 Å². The van der Waals surface area contributed by atoms with Crippen LogP contribution in [0, 0.1) is 6.92 Å². The lowest BCUT2D eigenvalue weighted by Gasteiger charge is -2.39. The zero-order valence-electron chi connectivity index (χ0n) is 19.3. The summed E-state index contributed by atoms with van der Waals surface area (Å²) in [5.74, 6) is -0.408. The first-order valence-corrected chi connectivity index (χ1v) is 11.5. The molecule has 0 unspecified atom stereocenters. The molecule has 1 N–H and O–H groups in total. The Morgan fingerprint density at radius 2 is 1.74 bits per heavy atom. The molecule has 1 aliphatic rings. The second-order valence-electron chi connectivity index (χ2n) is 9.31. The van der Waals surface area contributed by atoms with Crippen LogP contribution in [-0.2, 0) is 12.7 Å². The van der Waals surface area contributed by atoms with Gasteiger partial charge in [0.25, 0.3) is 5.91 Å². The molecular formula is C26H27ClF3N3O. The van der Waals surface area contributed by atoms with Crippen molar-refractivity contribution in [3.05, 3.63) is 82.1 Å². The fourth-order valence-electron chi connectivity index (χ4n) is 4.69. The predicted octanol–water partition coefficient (Wildman–Crippen LogP) is 6.01. The van der Waals surface area contributed by atoms with Crippen molar-refractivity contribution in [1.82, 2.24) is 14.8 Å². The maximum atomic E-state index is 14.4. The van der Waals surface area contributed by atoms with Gasteiger partial charge >= 0.3 is 6.18 Å². The molecule has 1 aromatic heterocycles. The van der Waals surface area contributed by atoms with Crippen molar-refractivity contribution in [1.29, 1.82) is 0 Å². The fraction of sp³-hybridized carbons (Fsp3) is 0.346. The van der Waals surface area contributed by atoms with Gasteiger partial charge in [-0.05, 0) is 49.6 Å². The summed E-state index contributed by atoms with van der Waals surface area (Å²) in [5, 5.41) is 3.82. The second kappa shape index (κ2) is 9.12. The number of alkyl halides is 3. The zero-order chi connectivity index (χ0) is 24.7. The number of benzene rings is 2. The van der Waals surface area contributed by atoms with Crippen molar-refractivity contribution < 1.29 is 18.0 Å². The molecule has 1 saturated heterocycles. The molecule has 0 aliphatic carbocycles. The number of piperazine rings is 1. The van der Waals surface area contributed by atoms with Gasteiger partial charge in [-0.1, -0.05) is 54.1 Å². The SMILES string of the molecule is Cc1c(-c2ccc(Cl)cc2)c(C(=O)N2CCNC(C)(C)C2)n(Cc2ccccc2)c1C(F)(F)F. The van der Waals surface area contributed by atoms with Crippen LogP contribution in [0.4, 0.5) is 13.2 Å². The van der Waals surface area contributed by atoms with Gasteiger partial charge in [0.05, 0.1) is 0 Å². The molecule has 2 heterocycles. The van der Waals surface area contributed by atoms with E-state index in [1.54, 1.807) is 53.4 Å². The lowest BCUT2D eigenvalue weighted by molar-refractivity contribution is -0.143. The maximum Gasteiger partial charge on any atom is 0.431 e. The average molecular weight is 490 g/mol. The van der Waals surface area contributed by atoms with E-state index in [2.05, 4.69) is 5.32 Å². The van der Waals surface area contributed by atoms with Gasteiger partial charge in [0.1, 0.15) is 11.4 Å². The Hall–Kier alpha value is -2.77. The Morgan fingerprint density at radius 3 is 2.32 bits per heavy atom. The molecule has 180 valence electrons. The number of nitrogens with one attached hydrogen (secondary N) is 1. The average Bonchev–Trinajstić information content (AvgIpc) is 3.05. The molecule has 3 aromatic rings. The zero-order valence-corrected chi connectivity index (χ0v) is 20.1. The number of carbonyl (C=O) groups excluding carboxylic acids is 1. The molecule has 1 amide bonds. The van der Waals surface area contributed by atoms with Crippen LogP contribution >= 0.6 is 11.6 Å². The van der Waals surface area contributed by atoms with E-state index >= 15 is 0 Å². The Kier molecular flexibility index (Phi) is 6.53. The Balaban J connectivity index is 1.97. The molecule has 1 aliphatic heterocycles. The summed E-state index contributed by atoms with van der Waals surface area (Å²) in [6.07, 6.45) is -4.64. The highest BCUT2D eigenvalue weighted by atomic mass is 35.5. The van der Waals surface area contributed by atoms with Crippen LogP contribution in [0.25, 0.3) is 11.1 Å². The number of nitrogens with zero attached hydrogens (tertiary/aromatic N) is 2. The van der Waals surface area contributed by atoms with E-state index in [1.165, 1.54) is 6.92 Å². The van der Waals surface area contributed by atoms with Crippen LogP contribution in [0.3, 0.4) is 0 Å². The van der Waals surface area contributed by atoms with Crippen LogP contribution in [0.2, 0.25) is 5.02 Å². The highest BCUT2D eigenvalue weighted by Crippen LogP contribution is 2.42. The summed E-state index contributed by atoms with van der Waals surface area (Å²) in [4.78, 5) is 15.6. The normalized spacial score (nSPS) is 16.0. The van der Waals surface area contributed by atoms with E-state index in [-0.39, 0.29) is 23.3 Å². The quantitative estimate of drug-likeness (QED) is 0.487. The molecular weight excluding hydrogens is 463 g/mol. The first-order chi connectivity index (χ1) is 16.0. The summed E-state index contributed by atoms with van der Waals surface area (Å²) in [6.45, 7) is 6.69. The Morgan fingerprint density at radius 1 is 1.09 bits per heavy atom. The van der Waals surface area contributed by atoms with E-state index < -0.39 is 17.8 Å². The molecule has 4 rings (SSSR count). The summed E-state index contributed by atoms with van der Waals surface area (Å²) in [7, 11) is 0. The highest BCUT2D eigenvalue weighted by molar-refractivity contribution is 6.30. The van der Waals surface area contributed by atoms with Gasteiger partial charge in [0, 0.05) is 42.3 Å². The van der Waals surface area contributed by atoms with Crippen LogP contribution in [0.5, 0.6) is 0 Å². The molecule has 34 heavy (non-hydrogen) atoms. The van der Waals surface area contributed by atoms with Crippen molar-refractivity contribution in [3.63, 3.8) is 0 Å². The largest absolute Gasteiger partial charge is 0.431 e. The molecule has 4 nitrogen and oxygen atoms in total. The lowest BCUT2D eigenvalue weighted by Crippen LogP contribution is -2.58. The third-order valence-corrected chi connectivity index (χ3v) is 6.40. The van der Waals surface area contributed by atoms with Gasteiger partial charge in [-0.25, -0.2) is 0 Å². The standard InChI is InChI=1S/C26H27ClF3N3O/c1-17-21(19-9-11-20(27)12-10-19)22(24(34)32-14-13-31-25(2,3)16-32)33(23(17)26(28,29)30)15-18-7-5-4-6-8-18/h4-12,31H,13-16H2,1-3H3. The van der Waals surface area contributed by atoms with Crippen molar-refractivity contribution in [2.45, 2.75) is 39.0 Å². The second-order valence-corrected chi connectivity index (χ2v) is 9.75. The van der Waals surface area contributed by atoms with E-state index in [9.17, 15) is 18.0 Å². The van der Waals surface area contributed by atoms with Crippen molar-refractivity contribution in [2.24, 2.45) is 0 Å². The minimum atomic E-state index is -4.64. The van der Waals surface area contributed by atoms with Crippen LogP contribution in [-0.4, -0.2) is 40.5 Å². The number of amides is 1. The van der Waals surface area contributed by atoms with E-state index in [0.717, 1.165) is 4.57 Å². The summed E-state index contributed by atoms with van der Waals surface area (Å²) in [6, 6.07) is 15.5. The lowest BCUT2D eigenvalue weighted by atomic mass is 9.98. The number of hydrogen-bond acceptors (Lipinski definition) is 2. The number of hydrogen-bond donors (Lipinski definition) is 1. The van der Waals surface area contributed by atoms with Crippen molar-refractivity contribution in [2.75, 3.05) is 19.6 Å². The Bertz CT molecular complexity index is 1180. The minimum Gasteiger partial charge on any atom is -0.334 e. The minimum absolute atomic E-state index is 0.0310. The van der Waals surface area contributed by atoms with Crippen molar-refractivity contribution >= 4 is 17.5 Å². The van der Waals surface area contributed by atoms with E-state index in [0.29, 0.717) is 41.3 Å². The molecule has 8 heteroatoms. The molecule has 0 atom stereocenters. The van der Waals surface area contributed by atoms with Crippen LogP contribution in [0.1, 0.15) is 41.2 Å². The molecule has 0 saturated carbocycles. The molecule has 0 spiro atoms. The smallest absolute Gasteiger partial charge is 0.334 e. The summed E-state index contributed by atoms with van der Waals surface area (Å²) in [5.41, 5.74) is 0.433. The van der Waals surface area contributed by atoms with E-state index in [1.807, 2.05) is 19.9 Å². The number of carbonyl (C=O) groups is 1. The monoisotopic (exact) mass is 489 g/mol. The molecule has 2 aromatic carbocycles. The Labute approximate surface area is 202 Å². The first-order valence-electron chi connectivity index (χ1n) is 11.1. The first kappa shape index (κ1) is 24.4.